The summed E-state index contributed by atoms with van der Waals surface area (Å²) in [7, 11) is 3.49. The van der Waals surface area contributed by atoms with Crippen molar-refractivity contribution in [3.05, 3.63) is 35.9 Å². The van der Waals surface area contributed by atoms with E-state index in [2.05, 4.69) is 0 Å². The van der Waals surface area contributed by atoms with Gasteiger partial charge in [-0.2, -0.15) is 0 Å². The van der Waals surface area contributed by atoms with Crippen molar-refractivity contribution in [3.8, 4) is 0 Å². The average Bonchev–Trinajstić information content (AvgIpc) is 2.20. The molecule has 0 spiro atoms. The van der Waals surface area contributed by atoms with Gasteiger partial charge in [0.2, 0.25) is 5.91 Å². The van der Waals surface area contributed by atoms with Gasteiger partial charge in [-0.15, -0.1) is 0 Å². The van der Waals surface area contributed by atoms with Gasteiger partial charge in [0.1, 0.15) is 0 Å². The summed E-state index contributed by atoms with van der Waals surface area (Å²) in [5.41, 5.74) is 6.58. The van der Waals surface area contributed by atoms with E-state index in [1.807, 2.05) is 30.3 Å². The van der Waals surface area contributed by atoms with Crippen molar-refractivity contribution in [2.75, 3.05) is 20.6 Å². The molecule has 0 saturated heterocycles. The Bertz CT molecular complexity index is 295. The fourth-order valence-corrected chi connectivity index (χ4v) is 1.38. The third kappa shape index (κ3) is 2.33. The van der Waals surface area contributed by atoms with Crippen LogP contribution >= 0.6 is 0 Å². The van der Waals surface area contributed by atoms with E-state index >= 15 is 0 Å². The second-order valence-electron chi connectivity index (χ2n) is 3.43. The van der Waals surface area contributed by atoms with Gasteiger partial charge >= 0.3 is 0 Å². The largest absolute Gasteiger partial charge is 0.348 e. The van der Waals surface area contributed by atoms with E-state index in [1.54, 1.807) is 19.0 Å². The first kappa shape index (κ1) is 10.7. The molecular formula is C11H16N2O. The Kier molecular flexibility index (Phi) is 3.65. The van der Waals surface area contributed by atoms with E-state index in [4.69, 9.17) is 5.73 Å². The van der Waals surface area contributed by atoms with Crippen LogP contribution in [0.3, 0.4) is 0 Å². The van der Waals surface area contributed by atoms with Crippen LogP contribution in [0.4, 0.5) is 0 Å². The summed E-state index contributed by atoms with van der Waals surface area (Å²) in [6.07, 6.45) is 0. The van der Waals surface area contributed by atoms with Gasteiger partial charge in [0.05, 0.1) is 5.92 Å². The lowest BCUT2D eigenvalue weighted by molar-refractivity contribution is -0.130. The summed E-state index contributed by atoms with van der Waals surface area (Å²) in [5.74, 6) is -0.162. The summed E-state index contributed by atoms with van der Waals surface area (Å²) >= 11 is 0. The highest BCUT2D eigenvalue weighted by Gasteiger charge is 2.19. The molecule has 0 unspecified atom stereocenters. The molecule has 0 saturated carbocycles. The van der Waals surface area contributed by atoms with Crippen molar-refractivity contribution >= 4 is 5.91 Å². The standard InChI is InChI=1S/C11H16N2O/c1-13(2)11(14)10(8-12)9-6-4-3-5-7-9/h3-7,10H,8,12H2,1-2H3/t10-/m0/s1. The minimum absolute atomic E-state index is 0.0544. The van der Waals surface area contributed by atoms with E-state index in [-0.39, 0.29) is 11.8 Å². The molecule has 3 nitrogen and oxygen atoms in total. The van der Waals surface area contributed by atoms with Crippen LogP contribution in [0.1, 0.15) is 11.5 Å². The lowest BCUT2D eigenvalue weighted by Crippen LogP contribution is -2.32. The third-order valence-electron chi connectivity index (χ3n) is 2.18. The highest BCUT2D eigenvalue weighted by atomic mass is 16.2. The summed E-state index contributed by atoms with van der Waals surface area (Å²) in [5, 5.41) is 0. The number of nitrogens with zero attached hydrogens (tertiary/aromatic N) is 1. The van der Waals surface area contributed by atoms with Crippen molar-refractivity contribution < 1.29 is 4.79 Å². The second-order valence-corrected chi connectivity index (χ2v) is 3.43. The molecule has 0 heterocycles. The SMILES string of the molecule is CN(C)C(=O)[C@@H](CN)c1ccccc1. The first-order valence-electron chi connectivity index (χ1n) is 4.63. The smallest absolute Gasteiger partial charge is 0.230 e. The number of amides is 1. The predicted molar refractivity (Wildman–Crippen MR) is 56.9 cm³/mol. The Morgan fingerprint density at radius 1 is 1.36 bits per heavy atom. The second kappa shape index (κ2) is 4.77. The van der Waals surface area contributed by atoms with Gasteiger partial charge in [0.25, 0.3) is 0 Å². The van der Waals surface area contributed by atoms with Gasteiger partial charge in [0.15, 0.2) is 0 Å². The Labute approximate surface area is 84.5 Å². The first-order chi connectivity index (χ1) is 6.66. The summed E-state index contributed by atoms with van der Waals surface area (Å²) in [4.78, 5) is 13.3. The molecule has 14 heavy (non-hydrogen) atoms. The number of hydrogen-bond donors (Lipinski definition) is 1. The molecule has 0 aliphatic heterocycles. The van der Waals surface area contributed by atoms with Gasteiger partial charge in [-0.1, -0.05) is 30.3 Å². The lowest BCUT2D eigenvalue weighted by Gasteiger charge is -2.19. The molecule has 1 aromatic carbocycles. The average molecular weight is 192 g/mol. The fourth-order valence-electron chi connectivity index (χ4n) is 1.38. The van der Waals surface area contributed by atoms with Gasteiger partial charge < -0.3 is 10.6 Å². The van der Waals surface area contributed by atoms with Crippen molar-refractivity contribution in [2.45, 2.75) is 5.92 Å². The van der Waals surface area contributed by atoms with Crippen molar-refractivity contribution in [3.63, 3.8) is 0 Å². The lowest BCUT2D eigenvalue weighted by atomic mass is 9.98. The Morgan fingerprint density at radius 3 is 2.36 bits per heavy atom. The molecule has 76 valence electrons. The van der Waals surface area contributed by atoms with E-state index in [9.17, 15) is 4.79 Å². The van der Waals surface area contributed by atoms with Crippen LogP contribution in [0.25, 0.3) is 0 Å². The molecule has 3 heteroatoms. The van der Waals surface area contributed by atoms with Crippen LogP contribution in [0.2, 0.25) is 0 Å². The van der Waals surface area contributed by atoms with Crippen LogP contribution in [0.5, 0.6) is 0 Å². The molecule has 1 aromatic rings. The van der Waals surface area contributed by atoms with Crippen LogP contribution in [-0.2, 0) is 4.79 Å². The Morgan fingerprint density at radius 2 is 1.93 bits per heavy atom. The number of hydrogen-bond acceptors (Lipinski definition) is 2. The molecule has 2 N–H and O–H groups in total. The van der Waals surface area contributed by atoms with E-state index < -0.39 is 0 Å². The van der Waals surface area contributed by atoms with Crippen molar-refractivity contribution in [1.29, 1.82) is 0 Å². The third-order valence-corrected chi connectivity index (χ3v) is 2.18. The number of likely N-dealkylation sites (N-methyl/N-ethyl adjacent to an activating group) is 1. The molecule has 0 aliphatic rings. The molecule has 1 amide bonds. The minimum atomic E-state index is -0.216. The quantitative estimate of drug-likeness (QED) is 0.770. The van der Waals surface area contributed by atoms with Gasteiger partial charge in [-0.05, 0) is 5.56 Å². The van der Waals surface area contributed by atoms with Crippen LogP contribution in [0.15, 0.2) is 30.3 Å². The molecule has 0 aromatic heterocycles. The highest BCUT2D eigenvalue weighted by molar-refractivity contribution is 5.83. The van der Waals surface area contributed by atoms with Crippen LogP contribution < -0.4 is 5.73 Å². The van der Waals surface area contributed by atoms with Gasteiger partial charge in [0, 0.05) is 20.6 Å². The highest BCUT2D eigenvalue weighted by Crippen LogP contribution is 2.15. The van der Waals surface area contributed by atoms with Crippen molar-refractivity contribution in [1.82, 2.24) is 4.90 Å². The maximum absolute atomic E-state index is 11.7. The van der Waals surface area contributed by atoms with Gasteiger partial charge in [-0.25, -0.2) is 0 Å². The molecule has 1 atom stereocenters. The number of benzene rings is 1. The molecule has 0 bridgehead atoms. The zero-order chi connectivity index (χ0) is 10.6. The normalized spacial score (nSPS) is 12.2. The molecule has 0 fully saturated rings. The molecular weight excluding hydrogens is 176 g/mol. The Balaban J connectivity index is 2.88. The molecule has 0 aliphatic carbocycles. The van der Waals surface area contributed by atoms with Crippen LogP contribution in [-0.4, -0.2) is 31.4 Å². The number of carbonyl (C=O) groups excluding carboxylic acids is 1. The summed E-state index contributed by atoms with van der Waals surface area (Å²) in [6, 6.07) is 9.62. The summed E-state index contributed by atoms with van der Waals surface area (Å²) < 4.78 is 0. The zero-order valence-electron chi connectivity index (χ0n) is 8.60. The molecule has 0 radical (unpaired) electrons. The monoisotopic (exact) mass is 192 g/mol. The zero-order valence-corrected chi connectivity index (χ0v) is 8.60. The van der Waals surface area contributed by atoms with E-state index in [1.165, 1.54) is 0 Å². The van der Waals surface area contributed by atoms with E-state index in [0.717, 1.165) is 5.56 Å². The maximum Gasteiger partial charge on any atom is 0.230 e. The number of nitrogens with two attached hydrogens (primary N) is 1. The van der Waals surface area contributed by atoms with Crippen LogP contribution in [0, 0.1) is 0 Å². The number of carbonyl (C=O) groups is 1. The predicted octanol–water partition coefficient (Wildman–Crippen LogP) is 0.817. The minimum Gasteiger partial charge on any atom is -0.348 e. The van der Waals surface area contributed by atoms with Gasteiger partial charge in [-0.3, -0.25) is 4.79 Å². The number of rotatable bonds is 3. The maximum atomic E-state index is 11.7. The van der Waals surface area contributed by atoms with E-state index in [0.29, 0.717) is 6.54 Å². The first-order valence-corrected chi connectivity index (χ1v) is 4.63. The fraction of sp³-hybridized carbons (Fsp3) is 0.364. The molecule has 1 rings (SSSR count). The topological polar surface area (TPSA) is 46.3 Å². The van der Waals surface area contributed by atoms with Crippen molar-refractivity contribution in [2.24, 2.45) is 5.73 Å². The summed E-state index contributed by atoms with van der Waals surface area (Å²) in [6.45, 7) is 0.348. The Hall–Kier alpha value is -1.35.